The Hall–Kier alpha value is -1.10. The molecule has 18 heavy (non-hydrogen) atoms. The molecule has 0 saturated carbocycles. The molecule has 1 fully saturated rings. The Bertz CT molecular complexity index is 297. The lowest BCUT2D eigenvalue weighted by Crippen LogP contribution is -2.49. The van der Waals surface area contributed by atoms with Crippen molar-refractivity contribution in [3.05, 3.63) is 0 Å². The van der Waals surface area contributed by atoms with Gasteiger partial charge >= 0.3 is 0 Å². The Morgan fingerprint density at radius 3 is 2.61 bits per heavy atom. The van der Waals surface area contributed by atoms with Crippen molar-refractivity contribution in [3.63, 3.8) is 0 Å². The number of carbonyl (C=O) groups is 2. The van der Waals surface area contributed by atoms with Crippen molar-refractivity contribution in [2.45, 2.75) is 33.6 Å². The van der Waals surface area contributed by atoms with Crippen LogP contribution in [0, 0.1) is 11.3 Å². The summed E-state index contributed by atoms with van der Waals surface area (Å²) in [5.74, 6) is 0.159. The predicted molar refractivity (Wildman–Crippen MR) is 71.1 cm³/mol. The molecule has 5 heteroatoms. The first kappa shape index (κ1) is 15.0. The average molecular weight is 255 g/mol. The molecular formula is C13H25N3O2. The van der Waals surface area contributed by atoms with Crippen LogP contribution < -0.4 is 16.0 Å². The fourth-order valence-corrected chi connectivity index (χ4v) is 2.30. The monoisotopic (exact) mass is 255 g/mol. The van der Waals surface area contributed by atoms with Gasteiger partial charge in [0.25, 0.3) is 0 Å². The van der Waals surface area contributed by atoms with Gasteiger partial charge in [-0.3, -0.25) is 9.59 Å². The molecule has 1 aliphatic rings. The number of carbonyl (C=O) groups excluding carboxylic acids is 2. The molecule has 104 valence electrons. The highest BCUT2D eigenvalue weighted by molar-refractivity contribution is 5.87. The maximum absolute atomic E-state index is 12.2. The molecule has 1 heterocycles. The molecule has 0 aromatic carbocycles. The van der Waals surface area contributed by atoms with Crippen molar-refractivity contribution in [1.29, 1.82) is 0 Å². The van der Waals surface area contributed by atoms with E-state index >= 15 is 0 Å². The molecule has 0 bridgehead atoms. The molecular weight excluding hydrogens is 230 g/mol. The van der Waals surface area contributed by atoms with Crippen molar-refractivity contribution in [3.8, 4) is 0 Å². The van der Waals surface area contributed by atoms with E-state index in [4.69, 9.17) is 0 Å². The third-order valence-corrected chi connectivity index (χ3v) is 3.69. The first-order valence-corrected chi connectivity index (χ1v) is 6.74. The van der Waals surface area contributed by atoms with Crippen molar-refractivity contribution < 1.29 is 9.59 Å². The standard InChI is InChI=1S/C13H25N3O2/c1-4-15-11(17)9-16-12(18)13(2,3)10-6-5-7-14-8-10/h10,14H,4-9H2,1-3H3,(H,15,17)(H,16,18). The lowest BCUT2D eigenvalue weighted by atomic mass is 9.74. The van der Waals surface area contributed by atoms with Gasteiger partial charge < -0.3 is 16.0 Å². The predicted octanol–water partition coefficient (Wildman–Crippen LogP) is 0.265. The van der Waals surface area contributed by atoms with E-state index in [0.29, 0.717) is 12.5 Å². The van der Waals surface area contributed by atoms with Gasteiger partial charge in [-0.25, -0.2) is 0 Å². The summed E-state index contributed by atoms with van der Waals surface area (Å²) in [5.41, 5.74) is -0.431. The van der Waals surface area contributed by atoms with E-state index in [0.717, 1.165) is 25.9 Å². The molecule has 1 aliphatic heterocycles. The lowest BCUT2D eigenvalue weighted by molar-refractivity contribution is -0.134. The summed E-state index contributed by atoms with van der Waals surface area (Å²) in [6, 6.07) is 0. The minimum absolute atomic E-state index is 0.0394. The maximum Gasteiger partial charge on any atom is 0.239 e. The Morgan fingerprint density at radius 2 is 2.06 bits per heavy atom. The van der Waals surface area contributed by atoms with Gasteiger partial charge in [-0.15, -0.1) is 0 Å². The number of rotatable bonds is 5. The van der Waals surface area contributed by atoms with Crippen LogP contribution >= 0.6 is 0 Å². The normalized spacial score (nSPS) is 20.3. The van der Waals surface area contributed by atoms with E-state index in [1.807, 2.05) is 20.8 Å². The quantitative estimate of drug-likeness (QED) is 0.660. The Labute approximate surface area is 109 Å². The van der Waals surface area contributed by atoms with E-state index in [1.165, 1.54) is 0 Å². The van der Waals surface area contributed by atoms with Gasteiger partial charge in [-0.1, -0.05) is 13.8 Å². The summed E-state index contributed by atoms with van der Waals surface area (Å²) in [6.45, 7) is 8.34. The number of likely N-dealkylation sites (N-methyl/N-ethyl adjacent to an activating group) is 1. The number of piperidine rings is 1. The fraction of sp³-hybridized carbons (Fsp3) is 0.846. The van der Waals surface area contributed by atoms with Gasteiger partial charge in [0.1, 0.15) is 0 Å². The van der Waals surface area contributed by atoms with Crippen molar-refractivity contribution in [2.75, 3.05) is 26.2 Å². The molecule has 1 saturated heterocycles. The third-order valence-electron chi connectivity index (χ3n) is 3.69. The number of hydrogen-bond donors (Lipinski definition) is 3. The Morgan fingerprint density at radius 1 is 1.33 bits per heavy atom. The van der Waals surface area contributed by atoms with Crippen LogP contribution in [0.1, 0.15) is 33.6 Å². The largest absolute Gasteiger partial charge is 0.355 e. The minimum Gasteiger partial charge on any atom is -0.355 e. The highest BCUT2D eigenvalue weighted by atomic mass is 16.2. The smallest absolute Gasteiger partial charge is 0.239 e. The van der Waals surface area contributed by atoms with Gasteiger partial charge in [0.15, 0.2) is 0 Å². The second-order valence-corrected chi connectivity index (χ2v) is 5.40. The molecule has 3 N–H and O–H groups in total. The van der Waals surface area contributed by atoms with Gasteiger partial charge in [0.05, 0.1) is 6.54 Å². The molecule has 2 amide bonds. The molecule has 0 aromatic rings. The van der Waals surface area contributed by atoms with Crippen molar-refractivity contribution in [2.24, 2.45) is 11.3 Å². The SMILES string of the molecule is CCNC(=O)CNC(=O)C(C)(C)C1CCCNC1. The lowest BCUT2D eigenvalue weighted by Gasteiger charge is -2.35. The van der Waals surface area contributed by atoms with Gasteiger partial charge in [0, 0.05) is 12.0 Å². The summed E-state index contributed by atoms with van der Waals surface area (Å²) in [5, 5.41) is 8.71. The van der Waals surface area contributed by atoms with Crippen LogP contribution in [-0.4, -0.2) is 38.0 Å². The fourth-order valence-electron chi connectivity index (χ4n) is 2.30. The summed E-state index contributed by atoms with van der Waals surface area (Å²) < 4.78 is 0. The van der Waals surface area contributed by atoms with Crippen LogP contribution in [0.3, 0.4) is 0 Å². The zero-order valence-corrected chi connectivity index (χ0v) is 11.6. The minimum atomic E-state index is -0.431. The first-order valence-electron chi connectivity index (χ1n) is 6.74. The molecule has 0 spiro atoms. The molecule has 1 rings (SSSR count). The van der Waals surface area contributed by atoms with Gasteiger partial charge in [-0.05, 0) is 38.8 Å². The van der Waals surface area contributed by atoms with Gasteiger partial charge in [0.2, 0.25) is 11.8 Å². The van der Waals surface area contributed by atoms with Gasteiger partial charge in [-0.2, -0.15) is 0 Å². The second-order valence-electron chi connectivity index (χ2n) is 5.40. The molecule has 5 nitrogen and oxygen atoms in total. The van der Waals surface area contributed by atoms with E-state index < -0.39 is 5.41 Å². The number of hydrogen-bond acceptors (Lipinski definition) is 3. The highest BCUT2D eigenvalue weighted by Gasteiger charge is 2.37. The summed E-state index contributed by atoms with van der Waals surface area (Å²) in [6.07, 6.45) is 2.17. The zero-order valence-electron chi connectivity index (χ0n) is 11.6. The van der Waals surface area contributed by atoms with Crippen molar-refractivity contribution in [1.82, 2.24) is 16.0 Å². The molecule has 0 aliphatic carbocycles. The van der Waals surface area contributed by atoms with E-state index in [9.17, 15) is 9.59 Å². The van der Waals surface area contributed by atoms with E-state index in [2.05, 4.69) is 16.0 Å². The summed E-state index contributed by atoms with van der Waals surface area (Å²) in [4.78, 5) is 23.5. The Balaban J connectivity index is 2.45. The van der Waals surface area contributed by atoms with Crippen LogP contribution in [0.15, 0.2) is 0 Å². The maximum atomic E-state index is 12.2. The van der Waals surface area contributed by atoms with Crippen LogP contribution in [0.25, 0.3) is 0 Å². The van der Waals surface area contributed by atoms with Crippen LogP contribution in [0.5, 0.6) is 0 Å². The Kier molecular flexibility index (Phi) is 5.59. The second kappa shape index (κ2) is 6.73. The molecule has 1 atom stereocenters. The highest BCUT2D eigenvalue weighted by Crippen LogP contribution is 2.31. The summed E-state index contributed by atoms with van der Waals surface area (Å²) in [7, 11) is 0. The zero-order chi connectivity index (χ0) is 13.6. The third kappa shape index (κ3) is 3.98. The average Bonchev–Trinajstić information content (AvgIpc) is 2.37. The van der Waals surface area contributed by atoms with E-state index in [1.54, 1.807) is 0 Å². The van der Waals surface area contributed by atoms with E-state index in [-0.39, 0.29) is 18.4 Å². The number of nitrogens with one attached hydrogen (secondary N) is 3. The first-order chi connectivity index (χ1) is 8.48. The van der Waals surface area contributed by atoms with Crippen LogP contribution in [0.2, 0.25) is 0 Å². The van der Waals surface area contributed by atoms with Crippen molar-refractivity contribution >= 4 is 11.8 Å². The molecule has 0 aromatic heterocycles. The van der Waals surface area contributed by atoms with Crippen LogP contribution in [-0.2, 0) is 9.59 Å². The summed E-state index contributed by atoms with van der Waals surface area (Å²) >= 11 is 0. The molecule has 0 radical (unpaired) electrons. The number of amides is 2. The topological polar surface area (TPSA) is 70.2 Å². The molecule has 1 unspecified atom stereocenters. The van der Waals surface area contributed by atoms with Crippen LogP contribution in [0.4, 0.5) is 0 Å².